The van der Waals surface area contributed by atoms with Gasteiger partial charge in [-0.05, 0) is 43.7 Å². The van der Waals surface area contributed by atoms with E-state index >= 15 is 0 Å². The fraction of sp³-hybridized carbons (Fsp3) is 0.375. The fourth-order valence-electron chi connectivity index (χ4n) is 4.29. The van der Waals surface area contributed by atoms with Gasteiger partial charge in [-0.25, -0.2) is 26.9 Å². The van der Waals surface area contributed by atoms with Crippen molar-refractivity contribution in [1.82, 2.24) is 15.3 Å². The van der Waals surface area contributed by atoms with Crippen molar-refractivity contribution in [3.8, 4) is 0 Å². The van der Waals surface area contributed by atoms with Crippen LogP contribution in [0.25, 0.3) is 10.9 Å². The van der Waals surface area contributed by atoms with Crippen molar-refractivity contribution in [2.24, 2.45) is 5.92 Å². The van der Waals surface area contributed by atoms with Gasteiger partial charge in [0, 0.05) is 32.1 Å². The van der Waals surface area contributed by atoms with E-state index in [2.05, 4.69) is 20.6 Å². The second-order valence-corrected chi connectivity index (χ2v) is 8.80. The van der Waals surface area contributed by atoms with E-state index in [-0.39, 0.29) is 18.5 Å². The topological polar surface area (TPSA) is 70.2 Å². The molecule has 4 rings (SSSR count). The summed E-state index contributed by atoms with van der Waals surface area (Å²) < 4.78 is 67.6. The van der Waals surface area contributed by atoms with E-state index in [1.165, 1.54) is 0 Å². The Hall–Kier alpha value is -3.50. The summed E-state index contributed by atoms with van der Waals surface area (Å²) >= 11 is 0. The average molecular weight is 493 g/mol. The first-order valence-electron chi connectivity index (χ1n) is 11.2. The third kappa shape index (κ3) is 4.98. The highest BCUT2D eigenvalue weighted by Gasteiger charge is 2.30. The number of nitrogens with one attached hydrogen (secondary N) is 2. The third-order valence-electron chi connectivity index (χ3n) is 6.17. The minimum absolute atomic E-state index is 0.00637. The third-order valence-corrected chi connectivity index (χ3v) is 6.17. The Morgan fingerprint density at radius 3 is 2.14 bits per heavy atom. The largest absolute Gasteiger partial charge is 0.362 e. The molecular weight excluding hydrogens is 469 g/mol. The fourth-order valence-corrected chi connectivity index (χ4v) is 4.29. The van der Waals surface area contributed by atoms with E-state index in [9.17, 15) is 26.7 Å². The molecule has 0 atom stereocenters. The van der Waals surface area contributed by atoms with Crippen molar-refractivity contribution >= 4 is 28.6 Å². The molecule has 1 aliphatic rings. The van der Waals surface area contributed by atoms with Crippen LogP contribution in [-0.2, 0) is 0 Å². The van der Waals surface area contributed by atoms with Crippen molar-refractivity contribution in [2.45, 2.75) is 31.7 Å². The summed E-state index contributed by atoms with van der Waals surface area (Å²) in [5, 5.41) is 6.60. The van der Waals surface area contributed by atoms with Gasteiger partial charge in [-0.3, -0.25) is 4.79 Å². The van der Waals surface area contributed by atoms with Crippen LogP contribution in [0.1, 0.15) is 36.0 Å². The summed E-state index contributed by atoms with van der Waals surface area (Å²) in [7, 11) is 3.81. The predicted octanol–water partition coefficient (Wildman–Crippen LogP) is 4.79. The highest BCUT2D eigenvalue weighted by atomic mass is 19.2. The van der Waals surface area contributed by atoms with Gasteiger partial charge in [0.2, 0.25) is 11.8 Å². The minimum Gasteiger partial charge on any atom is -0.362 e. The number of carbonyl (C=O) groups is 1. The van der Waals surface area contributed by atoms with E-state index in [0.29, 0.717) is 18.8 Å². The molecule has 1 aromatic heterocycles. The van der Waals surface area contributed by atoms with Gasteiger partial charge in [0.25, 0.3) is 5.91 Å². The van der Waals surface area contributed by atoms with Crippen LogP contribution in [0.2, 0.25) is 0 Å². The lowest BCUT2D eigenvalue weighted by Gasteiger charge is -2.29. The lowest BCUT2D eigenvalue weighted by Crippen LogP contribution is -2.35. The molecule has 3 aromatic rings. The lowest BCUT2D eigenvalue weighted by atomic mass is 9.86. The van der Waals surface area contributed by atoms with E-state index in [0.717, 1.165) is 29.6 Å². The molecule has 0 bridgehead atoms. The van der Waals surface area contributed by atoms with Gasteiger partial charge in [-0.2, -0.15) is 4.98 Å². The molecule has 2 N–H and O–H groups in total. The van der Waals surface area contributed by atoms with Crippen molar-refractivity contribution in [1.29, 1.82) is 0 Å². The van der Waals surface area contributed by atoms with Crippen molar-refractivity contribution < 1.29 is 26.7 Å². The summed E-state index contributed by atoms with van der Waals surface area (Å²) in [4.78, 5) is 23.3. The second-order valence-electron chi connectivity index (χ2n) is 8.80. The number of benzene rings is 2. The first-order valence-corrected chi connectivity index (χ1v) is 11.2. The standard InChI is InChI=1S/C24H24F5N5O/c1-34(2)22-14-5-3-4-6-15(14)32-24(33-22)31-13-9-7-12(8-10-13)11-30-23(35)16-17(25)19(27)21(29)20(28)18(16)26/h3-6,12-13H,7-11H2,1-2H3,(H,30,35)(H,31,32,33)/t12-,13+. The maximum absolute atomic E-state index is 13.8. The average Bonchev–Trinajstić information content (AvgIpc) is 2.85. The van der Waals surface area contributed by atoms with Crippen LogP contribution in [0.4, 0.5) is 33.7 Å². The molecule has 0 radical (unpaired) electrons. The number of hydrogen-bond donors (Lipinski definition) is 2. The molecule has 11 heteroatoms. The monoisotopic (exact) mass is 493 g/mol. The summed E-state index contributed by atoms with van der Waals surface area (Å²) in [6.45, 7) is 0.0578. The highest BCUT2D eigenvalue weighted by Crippen LogP contribution is 2.29. The molecule has 2 aromatic carbocycles. The summed E-state index contributed by atoms with van der Waals surface area (Å²) in [5.41, 5.74) is -0.653. The number of halogens is 5. The number of amides is 1. The Morgan fingerprint density at radius 2 is 1.51 bits per heavy atom. The van der Waals surface area contributed by atoms with E-state index in [1.807, 2.05) is 43.3 Å². The lowest BCUT2D eigenvalue weighted by molar-refractivity contribution is 0.0931. The first kappa shape index (κ1) is 24.6. The summed E-state index contributed by atoms with van der Waals surface area (Å²) in [6.07, 6.45) is 2.83. The van der Waals surface area contributed by atoms with Gasteiger partial charge in [0.05, 0.1) is 5.52 Å². The van der Waals surface area contributed by atoms with Crippen LogP contribution in [0.5, 0.6) is 0 Å². The molecule has 0 unspecified atom stereocenters. The Bertz CT molecular complexity index is 1230. The number of hydrogen-bond acceptors (Lipinski definition) is 5. The molecule has 1 amide bonds. The van der Waals surface area contributed by atoms with Crippen LogP contribution in [0.15, 0.2) is 24.3 Å². The van der Waals surface area contributed by atoms with Crippen molar-refractivity contribution in [3.05, 3.63) is 58.9 Å². The highest BCUT2D eigenvalue weighted by molar-refractivity contribution is 5.94. The van der Waals surface area contributed by atoms with E-state index in [1.54, 1.807) is 0 Å². The molecule has 1 aliphatic carbocycles. The molecule has 1 heterocycles. The van der Waals surface area contributed by atoms with Crippen LogP contribution < -0.4 is 15.5 Å². The van der Waals surface area contributed by atoms with Crippen LogP contribution in [0.3, 0.4) is 0 Å². The molecule has 0 spiro atoms. The number of para-hydroxylation sites is 1. The summed E-state index contributed by atoms with van der Waals surface area (Å²) in [5.74, 6) is -10.9. The molecule has 0 saturated heterocycles. The SMILES string of the molecule is CN(C)c1nc(N[C@H]2CC[C@@H](CNC(=O)c3c(F)c(F)c(F)c(F)c3F)CC2)nc2ccccc12. The maximum Gasteiger partial charge on any atom is 0.257 e. The molecular formula is C24H24F5N5O. The van der Waals surface area contributed by atoms with Crippen LogP contribution in [0, 0.1) is 35.0 Å². The van der Waals surface area contributed by atoms with Gasteiger partial charge in [0.1, 0.15) is 11.4 Å². The molecule has 1 fully saturated rings. The number of anilines is 2. The Labute approximate surface area is 198 Å². The predicted molar refractivity (Wildman–Crippen MR) is 122 cm³/mol. The van der Waals surface area contributed by atoms with E-state index in [4.69, 9.17) is 0 Å². The normalized spacial score (nSPS) is 17.9. The Balaban J connectivity index is 1.35. The molecule has 35 heavy (non-hydrogen) atoms. The number of aromatic nitrogens is 2. The van der Waals surface area contributed by atoms with Crippen molar-refractivity contribution in [2.75, 3.05) is 30.9 Å². The van der Waals surface area contributed by atoms with Gasteiger partial charge >= 0.3 is 0 Å². The zero-order valence-electron chi connectivity index (χ0n) is 19.1. The zero-order chi connectivity index (χ0) is 25.3. The number of carbonyl (C=O) groups excluding carboxylic acids is 1. The van der Waals surface area contributed by atoms with Crippen molar-refractivity contribution in [3.63, 3.8) is 0 Å². The number of fused-ring (bicyclic) bond motifs is 1. The summed E-state index contributed by atoms with van der Waals surface area (Å²) in [6, 6.07) is 7.80. The van der Waals surface area contributed by atoms with Gasteiger partial charge in [0.15, 0.2) is 23.3 Å². The Morgan fingerprint density at radius 1 is 0.914 bits per heavy atom. The zero-order valence-corrected chi connectivity index (χ0v) is 19.1. The molecule has 186 valence electrons. The Kier molecular flexibility index (Phi) is 7.04. The van der Waals surface area contributed by atoms with Gasteiger partial charge in [-0.15, -0.1) is 0 Å². The maximum atomic E-state index is 13.8. The van der Waals surface area contributed by atoms with Crippen LogP contribution >= 0.6 is 0 Å². The smallest absolute Gasteiger partial charge is 0.257 e. The number of nitrogens with zero attached hydrogens (tertiary/aromatic N) is 3. The molecule has 0 aliphatic heterocycles. The number of rotatable bonds is 6. The molecule has 1 saturated carbocycles. The van der Waals surface area contributed by atoms with Gasteiger partial charge < -0.3 is 15.5 Å². The first-order chi connectivity index (χ1) is 16.7. The van der Waals surface area contributed by atoms with E-state index < -0.39 is 40.6 Å². The quantitative estimate of drug-likeness (QED) is 0.294. The molecule has 6 nitrogen and oxygen atoms in total. The van der Waals surface area contributed by atoms with Gasteiger partial charge in [-0.1, -0.05) is 12.1 Å². The second kappa shape index (κ2) is 10.0. The van der Waals surface area contributed by atoms with Crippen LogP contribution in [-0.4, -0.2) is 42.6 Å². The minimum atomic E-state index is -2.30.